The number of methoxy groups -OCH3 is 2. The van der Waals surface area contributed by atoms with E-state index in [9.17, 15) is 13.2 Å². The summed E-state index contributed by atoms with van der Waals surface area (Å²) in [7, 11) is -1.23. The van der Waals surface area contributed by atoms with E-state index in [2.05, 4.69) is 5.32 Å². The second kappa shape index (κ2) is 10.1. The first-order chi connectivity index (χ1) is 15.2. The molecule has 168 valence electrons. The summed E-state index contributed by atoms with van der Waals surface area (Å²) in [6.45, 7) is -0.515. The van der Waals surface area contributed by atoms with Crippen molar-refractivity contribution in [2.24, 2.45) is 0 Å². The van der Waals surface area contributed by atoms with Crippen LogP contribution in [0.5, 0.6) is 11.5 Å². The zero-order chi connectivity index (χ0) is 23.3. The van der Waals surface area contributed by atoms with Crippen molar-refractivity contribution >= 4 is 50.5 Å². The van der Waals surface area contributed by atoms with Gasteiger partial charge >= 0.3 is 0 Å². The molecule has 3 aromatic rings. The van der Waals surface area contributed by atoms with E-state index in [1.165, 1.54) is 56.7 Å². The molecule has 3 aromatic carbocycles. The number of nitrogens with one attached hydrogen (secondary N) is 1. The van der Waals surface area contributed by atoms with Crippen LogP contribution in [0.4, 0.5) is 11.4 Å². The van der Waals surface area contributed by atoms with Gasteiger partial charge in [0.1, 0.15) is 18.0 Å². The number of anilines is 2. The largest absolute Gasteiger partial charge is 0.497 e. The van der Waals surface area contributed by atoms with Gasteiger partial charge < -0.3 is 14.8 Å². The molecule has 0 saturated heterocycles. The van der Waals surface area contributed by atoms with Crippen molar-refractivity contribution in [2.75, 3.05) is 30.4 Å². The lowest BCUT2D eigenvalue weighted by molar-refractivity contribution is -0.114. The van der Waals surface area contributed by atoms with Crippen molar-refractivity contribution in [1.82, 2.24) is 0 Å². The van der Waals surface area contributed by atoms with Crippen LogP contribution in [0.2, 0.25) is 10.0 Å². The van der Waals surface area contributed by atoms with Crippen LogP contribution in [-0.2, 0) is 14.8 Å². The van der Waals surface area contributed by atoms with Crippen LogP contribution in [-0.4, -0.2) is 35.1 Å². The summed E-state index contributed by atoms with van der Waals surface area (Å²) in [4.78, 5) is 12.8. The molecule has 0 aliphatic rings. The number of nitrogens with zero attached hydrogens (tertiary/aromatic N) is 1. The Bertz CT molecular complexity index is 1200. The van der Waals surface area contributed by atoms with Gasteiger partial charge in [-0.15, -0.1) is 0 Å². The first-order valence-corrected chi connectivity index (χ1v) is 11.5. The molecule has 0 radical (unpaired) electrons. The highest BCUT2D eigenvalue weighted by molar-refractivity contribution is 7.92. The molecule has 0 spiro atoms. The van der Waals surface area contributed by atoms with Gasteiger partial charge in [-0.25, -0.2) is 8.42 Å². The third-order valence-corrected chi connectivity index (χ3v) is 6.65. The topological polar surface area (TPSA) is 84.9 Å². The second-order valence-corrected chi connectivity index (χ2v) is 9.30. The van der Waals surface area contributed by atoms with Crippen LogP contribution in [0.25, 0.3) is 0 Å². The highest BCUT2D eigenvalue weighted by atomic mass is 35.5. The fraction of sp³-hybridized carbons (Fsp3) is 0.136. The number of rotatable bonds is 8. The summed E-state index contributed by atoms with van der Waals surface area (Å²) in [5, 5.41) is 3.30. The van der Waals surface area contributed by atoms with Crippen molar-refractivity contribution in [3.63, 3.8) is 0 Å². The number of para-hydroxylation sites is 2. The average molecular weight is 495 g/mol. The summed E-state index contributed by atoms with van der Waals surface area (Å²) in [6.07, 6.45) is 0. The minimum Gasteiger partial charge on any atom is -0.497 e. The van der Waals surface area contributed by atoms with Gasteiger partial charge in [0.25, 0.3) is 10.0 Å². The van der Waals surface area contributed by atoms with E-state index in [0.29, 0.717) is 27.2 Å². The quantitative estimate of drug-likeness (QED) is 0.483. The third-order valence-electron chi connectivity index (χ3n) is 4.43. The number of hydrogen-bond acceptors (Lipinski definition) is 5. The minimum absolute atomic E-state index is 0.0113. The van der Waals surface area contributed by atoms with Gasteiger partial charge in [0.05, 0.1) is 24.8 Å². The number of carbonyl (C=O) groups is 1. The van der Waals surface area contributed by atoms with E-state index >= 15 is 0 Å². The molecule has 3 rings (SSSR count). The van der Waals surface area contributed by atoms with E-state index in [-0.39, 0.29) is 10.6 Å². The van der Waals surface area contributed by atoms with Crippen LogP contribution in [0, 0.1) is 0 Å². The summed E-state index contributed by atoms with van der Waals surface area (Å²) in [6, 6.07) is 16.9. The van der Waals surface area contributed by atoms with Crippen molar-refractivity contribution in [1.29, 1.82) is 0 Å². The van der Waals surface area contributed by atoms with Crippen molar-refractivity contribution in [3.05, 3.63) is 76.8 Å². The fourth-order valence-corrected chi connectivity index (χ4v) is 4.92. The fourth-order valence-electron chi connectivity index (χ4n) is 2.97. The lowest BCUT2D eigenvalue weighted by Crippen LogP contribution is -2.38. The van der Waals surface area contributed by atoms with E-state index in [4.69, 9.17) is 32.7 Å². The molecule has 1 amide bonds. The number of ether oxygens (including phenoxy) is 2. The zero-order valence-electron chi connectivity index (χ0n) is 17.2. The van der Waals surface area contributed by atoms with Gasteiger partial charge in [-0.3, -0.25) is 9.10 Å². The second-order valence-electron chi connectivity index (χ2n) is 6.57. The standard InChI is InChI=1S/C22H20Cl2N2O5S/c1-30-18-7-9-19(10-8-18)32(28,29)26(20-5-3-4-6-21(20)31-2)14-22(27)25-17-12-15(23)11-16(24)13-17/h3-13H,14H2,1-2H3,(H,25,27). The first-order valence-electron chi connectivity index (χ1n) is 9.30. The molecule has 0 fully saturated rings. The summed E-state index contributed by atoms with van der Waals surface area (Å²) >= 11 is 12.0. The number of sulfonamides is 1. The third kappa shape index (κ3) is 5.45. The Morgan fingerprint density at radius 3 is 2.16 bits per heavy atom. The van der Waals surface area contributed by atoms with Crippen LogP contribution < -0.4 is 19.1 Å². The Labute approximate surface area is 196 Å². The lowest BCUT2D eigenvalue weighted by Gasteiger charge is -2.25. The predicted molar refractivity (Wildman–Crippen MR) is 126 cm³/mol. The van der Waals surface area contributed by atoms with Gasteiger partial charge in [0.15, 0.2) is 0 Å². The van der Waals surface area contributed by atoms with Crippen molar-refractivity contribution in [3.8, 4) is 11.5 Å². The zero-order valence-corrected chi connectivity index (χ0v) is 19.5. The van der Waals surface area contributed by atoms with Crippen LogP contribution in [0.15, 0.2) is 71.6 Å². The highest BCUT2D eigenvalue weighted by Gasteiger charge is 2.29. The molecule has 0 unspecified atom stereocenters. The Balaban J connectivity index is 1.99. The highest BCUT2D eigenvalue weighted by Crippen LogP contribution is 2.33. The Morgan fingerprint density at radius 2 is 1.56 bits per heavy atom. The normalized spacial score (nSPS) is 11.0. The van der Waals surface area contributed by atoms with E-state index < -0.39 is 22.5 Å². The monoisotopic (exact) mass is 494 g/mol. The van der Waals surface area contributed by atoms with Gasteiger partial charge in [-0.05, 0) is 54.6 Å². The molecule has 10 heteroatoms. The number of benzene rings is 3. The maximum absolute atomic E-state index is 13.5. The van der Waals surface area contributed by atoms with Crippen LogP contribution >= 0.6 is 23.2 Å². The number of amides is 1. The van der Waals surface area contributed by atoms with E-state index in [1.807, 2.05) is 0 Å². The molecule has 0 saturated carbocycles. The summed E-state index contributed by atoms with van der Waals surface area (Å²) < 4.78 is 38.4. The maximum atomic E-state index is 13.5. The van der Waals surface area contributed by atoms with Crippen molar-refractivity contribution < 1.29 is 22.7 Å². The van der Waals surface area contributed by atoms with E-state index in [1.54, 1.807) is 24.3 Å². The predicted octanol–water partition coefficient (Wildman–Crippen LogP) is 4.84. The molecule has 0 aliphatic carbocycles. The number of hydrogen-bond donors (Lipinski definition) is 1. The van der Waals surface area contributed by atoms with Gasteiger partial charge in [-0.1, -0.05) is 35.3 Å². The molecule has 0 aromatic heterocycles. The van der Waals surface area contributed by atoms with Crippen LogP contribution in [0.3, 0.4) is 0 Å². The first kappa shape index (κ1) is 23.7. The molecule has 1 N–H and O–H groups in total. The van der Waals surface area contributed by atoms with Crippen LogP contribution in [0.1, 0.15) is 0 Å². The SMILES string of the molecule is COc1ccc(S(=O)(=O)N(CC(=O)Nc2cc(Cl)cc(Cl)c2)c2ccccc2OC)cc1. The summed E-state index contributed by atoms with van der Waals surface area (Å²) in [5.41, 5.74) is 0.555. The Morgan fingerprint density at radius 1 is 0.938 bits per heavy atom. The Kier molecular flexibility index (Phi) is 7.50. The molecule has 0 bridgehead atoms. The average Bonchev–Trinajstić information content (AvgIpc) is 2.76. The molecule has 0 aliphatic heterocycles. The molecular formula is C22H20Cl2N2O5S. The summed E-state index contributed by atoms with van der Waals surface area (Å²) in [5.74, 6) is 0.206. The van der Waals surface area contributed by atoms with Gasteiger partial charge in [0.2, 0.25) is 5.91 Å². The molecule has 0 atom stereocenters. The lowest BCUT2D eigenvalue weighted by atomic mass is 10.3. The smallest absolute Gasteiger partial charge is 0.264 e. The number of halogens is 2. The number of carbonyl (C=O) groups excluding carboxylic acids is 1. The van der Waals surface area contributed by atoms with Crippen molar-refractivity contribution in [2.45, 2.75) is 4.90 Å². The van der Waals surface area contributed by atoms with Gasteiger partial charge in [0, 0.05) is 15.7 Å². The molecule has 7 nitrogen and oxygen atoms in total. The Hall–Kier alpha value is -2.94. The molecule has 0 heterocycles. The molecule has 32 heavy (non-hydrogen) atoms. The van der Waals surface area contributed by atoms with Gasteiger partial charge in [-0.2, -0.15) is 0 Å². The molecular weight excluding hydrogens is 475 g/mol. The minimum atomic E-state index is -4.13. The maximum Gasteiger partial charge on any atom is 0.264 e. The van der Waals surface area contributed by atoms with E-state index in [0.717, 1.165) is 4.31 Å².